The summed E-state index contributed by atoms with van der Waals surface area (Å²) in [5.74, 6) is -1.18. The first kappa shape index (κ1) is 36.4. The number of rotatable bonds is 6. The second-order valence-electron chi connectivity index (χ2n) is 18.9. The molecule has 0 bridgehead atoms. The van der Waals surface area contributed by atoms with Gasteiger partial charge in [0, 0.05) is 23.7 Å². The van der Waals surface area contributed by atoms with Gasteiger partial charge < -0.3 is 54.7 Å². The number of hydrogen-bond donors (Lipinski definition) is 7. The van der Waals surface area contributed by atoms with Gasteiger partial charge in [-0.3, -0.25) is 4.79 Å². The van der Waals surface area contributed by atoms with E-state index in [9.17, 15) is 40.5 Å². The van der Waals surface area contributed by atoms with Crippen LogP contribution in [0.2, 0.25) is 0 Å². The van der Waals surface area contributed by atoms with Crippen LogP contribution in [0.1, 0.15) is 99.8 Å². The Bertz CT molecular complexity index is 1320. The van der Waals surface area contributed by atoms with E-state index >= 15 is 0 Å². The molecule has 0 aromatic carbocycles. The van der Waals surface area contributed by atoms with E-state index in [0.29, 0.717) is 38.5 Å². The van der Waals surface area contributed by atoms with Gasteiger partial charge in [0.1, 0.15) is 24.4 Å². The number of hydrogen-bond acceptors (Lipinski definition) is 12. The van der Waals surface area contributed by atoms with Crippen molar-refractivity contribution in [2.45, 2.75) is 166 Å². The molecule has 0 aromatic rings. The minimum absolute atomic E-state index is 0.104. The van der Waals surface area contributed by atoms with Gasteiger partial charge in [-0.05, 0) is 100 Å². The summed E-state index contributed by atoms with van der Waals surface area (Å²) in [6.07, 6.45) is -3.59. The molecule has 49 heavy (non-hydrogen) atoms. The summed E-state index contributed by atoms with van der Waals surface area (Å²) in [6.45, 7) is 12.6. The molecule has 0 amide bonds. The zero-order valence-corrected chi connectivity index (χ0v) is 30.2. The van der Waals surface area contributed by atoms with Crippen molar-refractivity contribution in [1.82, 2.24) is 0 Å². The molecule has 0 aromatic heterocycles. The van der Waals surface area contributed by atoms with Gasteiger partial charge in [-0.1, -0.05) is 20.8 Å². The monoisotopic (exact) mass is 696 g/mol. The van der Waals surface area contributed by atoms with Gasteiger partial charge in [0.05, 0.1) is 48.8 Å². The van der Waals surface area contributed by atoms with Crippen LogP contribution < -0.4 is 0 Å². The summed E-state index contributed by atoms with van der Waals surface area (Å²) in [7, 11) is 0. The van der Waals surface area contributed by atoms with Gasteiger partial charge in [-0.2, -0.15) is 0 Å². The van der Waals surface area contributed by atoms with Gasteiger partial charge in [0.15, 0.2) is 6.29 Å². The lowest BCUT2D eigenvalue weighted by Gasteiger charge is -2.66. The van der Waals surface area contributed by atoms with Crippen molar-refractivity contribution in [2.75, 3.05) is 13.2 Å². The van der Waals surface area contributed by atoms with E-state index in [1.54, 1.807) is 13.8 Å². The Morgan fingerprint density at radius 1 is 0.939 bits per heavy atom. The fraction of sp³-hybridized carbons (Fsp3) is 0.973. The third-order valence-electron chi connectivity index (χ3n) is 15.7. The van der Waals surface area contributed by atoms with E-state index in [-0.39, 0.29) is 40.8 Å². The molecule has 7 rings (SSSR count). The van der Waals surface area contributed by atoms with Crippen LogP contribution in [0.5, 0.6) is 0 Å². The summed E-state index contributed by atoms with van der Waals surface area (Å²) >= 11 is 0. The third-order valence-corrected chi connectivity index (χ3v) is 15.7. The minimum Gasteiger partial charge on any atom is -0.459 e. The molecule has 17 unspecified atom stereocenters. The molecule has 5 aliphatic carbocycles. The highest BCUT2D eigenvalue weighted by atomic mass is 16.7. The zero-order chi connectivity index (χ0) is 35.9. The molecule has 0 radical (unpaired) electrons. The predicted octanol–water partition coefficient (Wildman–Crippen LogP) is 1.41. The zero-order valence-electron chi connectivity index (χ0n) is 30.2. The average Bonchev–Trinajstić information content (AvgIpc) is 3.34. The fourth-order valence-electron chi connectivity index (χ4n) is 13.6. The van der Waals surface area contributed by atoms with Crippen LogP contribution in [0.3, 0.4) is 0 Å². The molecule has 17 atom stereocenters. The van der Waals surface area contributed by atoms with Gasteiger partial charge in [-0.15, -0.1) is 0 Å². The van der Waals surface area contributed by atoms with Crippen molar-refractivity contribution in [1.29, 1.82) is 0 Å². The first-order chi connectivity index (χ1) is 22.6. The van der Waals surface area contributed by atoms with E-state index in [2.05, 4.69) is 13.8 Å². The van der Waals surface area contributed by atoms with Crippen LogP contribution in [0.15, 0.2) is 0 Å². The van der Waals surface area contributed by atoms with Crippen molar-refractivity contribution in [3.63, 3.8) is 0 Å². The van der Waals surface area contributed by atoms with Gasteiger partial charge in [0.2, 0.25) is 0 Å². The summed E-state index contributed by atoms with van der Waals surface area (Å²) in [5.41, 5.74) is -5.12. The summed E-state index contributed by atoms with van der Waals surface area (Å²) in [4.78, 5) is 12.7. The third kappa shape index (κ3) is 4.74. The number of esters is 1. The summed E-state index contributed by atoms with van der Waals surface area (Å²) in [5, 5.41) is 78.4. The molecule has 2 heterocycles. The first-order valence-corrected chi connectivity index (χ1v) is 18.5. The maximum atomic E-state index is 12.7. The Hall–Kier alpha value is -0.930. The minimum atomic E-state index is -1.36. The van der Waals surface area contributed by atoms with E-state index in [0.717, 1.165) is 12.8 Å². The molecule has 280 valence electrons. The van der Waals surface area contributed by atoms with E-state index in [1.165, 1.54) is 6.92 Å². The smallest absolute Gasteiger partial charge is 0.303 e. The summed E-state index contributed by atoms with van der Waals surface area (Å²) < 4.78 is 24.6. The van der Waals surface area contributed by atoms with Crippen LogP contribution in [0.4, 0.5) is 0 Å². The lowest BCUT2D eigenvalue weighted by atomic mass is 9.39. The van der Waals surface area contributed by atoms with Crippen molar-refractivity contribution in [2.24, 2.45) is 44.8 Å². The molecular weight excluding hydrogens is 636 g/mol. The molecular formula is C37H60O12. The number of ether oxygens (including phenoxy) is 4. The highest BCUT2D eigenvalue weighted by Crippen LogP contribution is 2.90. The lowest BCUT2D eigenvalue weighted by Crippen LogP contribution is -2.68. The average molecular weight is 697 g/mol. The fourth-order valence-corrected chi connectivity index (χ4v) is 13.6. The number of fused-ring (bicyclic) bond motifs is 2. The maximum absolute atomic E-state index is 12.7. The van der Waals surface area contributed by atoms with Crippen LogP contribution in [-0.4, -0.2) is 121 Å². The largest absolute Gasteiger partial charge is 0.459 e. The molecule has 7 aliphatic rings. The first-order valence-electron chi connectivity index (χ1n) is 18.5. The van der Waals surface area contributed by atoms with E-state index < -0.39 is 89.5 Å². The van der Waals surface area contributed by atoms with Crippen molar-refractivity contribution in [3.8, 4) is 0 Å². The molecule has 2 saturated heterocycles. The number of carbonyl (C=O) groups is 1. The van der Waals surface area contributed by atoms with Gasteiger partial charge in [0.25, 0.3) is 0 Å². The van der Waals surface area contributed by atoms with Crippen LogP contribution in [0, 0.1) is 44.8 Å². The Morgan fingerprint density at radius 2 is 1.63 bits per heavy atom. The van der Waals surface area contributed by atoms with Crippen molar-refractivity contribution < 1.29 is 59.5 Å². The second-order valence-corrected chi connectivity index (χ2v) is 18.9. The quantitative estimate of drug-likeness (QED) is 0.156. The number of aliphatic hydroxyl groups is 7. The summed E-state index contributed by atoms with van der Waals surface area (Å²) in [6, 6.07) is 0. The van der Waals surface area contributed by atoms with Gasteiger partial charge in [-0.25, -0.2) is 0 Å². The maximum Gasteiger partial charge on any atom is 0.303 e. The molecule has 2 spiro atoms. The van der Waals surface area contributed by atoms with Crippen LogP contribution in [0.25, 0.3) is 0 Å². The second kappa shape index (κ2) is 11.3. The van der Waals surface area contributed by atoms with Crippen LogP contribution in [-0.2, 0) is 23.7 Å². The molecule has 12 heteroatoms. The standard InChI is InChI=1S/C37H60O12/c1-18(39)47-27-28(33(6)10-9-24(49-33)32(4,5)45)37(17-38)23(41)14-36-16-35(36)11-8-19(48-30-26(43)25(42)20(40)15-46-30)12-21(35)31(2,3)13-22(36)34(37,7)29(27)44/h19-30,38,40-45H,8-17H2,1-7H3. The molecule has 12 nitrogen and oxygen atoms in total. The molecule has 5 saturated carbocycles. The Kier molecular flexibility index (Phi) is 8.39. The van der Waals surface area contributed by atoms with E-state index in [1.807, 2.05) is 13.8 Å². The SMILES string of the molecule is CC(=O)OC1C(O)C2(C)C3CC(C)(C)C4CC(OC5OCC(O)C(O)C5O)CCC45CC35CC(O)C2(CO)C1C1(C)CCC(C(C)(C)O)O1. The predicted molar refractivity (Wildman–Crippen MR) is 173 cm³/mol. The van der Waals surface area contributed by atoms with Crippen LogP contribution >= 0.6 is 0 Å². The molecule has 2 aliphatic heterocycles. The van der Waals surface area contributed by atoms with Crippen molar-refractivity contribution >= 4 is 5.97 Å². The Morgan fingerprint density at radius 3 is 2.24 bits per heavy atom. The van der Waals surface area contributed by atoms with Gasteiger partial charge >= 0.3 is 5.97 Å². The van der Waals surface area contributed by atoms with E-state index in [4.69, 9.17) is 18.9 Å². The lowest BCUT2D eigenvalue weighted by molar-refractivity contribution is -0.293. The Labute approximate surface area is 289 Å². The number of aliphatic hydroxyl groups excluding tert-OH is 6. The topological polar surface area (TPSA) is 196 Å². The normalized spacial score (nSPS) is 56.3. The number of carbonyl (C=O) groups excluding carboxylic acids is 1. The molecule has 7 N–H and O–H groups in total. The molecule has 7 fully saturated rings. The van der Waals surface area contributed by atoms with Crippen molar-refractivity contribution in [3.05, 3.63) is 0 Å². The highest BCUT2D eigenvalue weighted by Gasteiger charge is 2.88. The highest BCUT2D eigenvalue weighted by molar-refractivity contribution is 5.66. The Balaban J connectivity index is 1.24.